The standard InChI is InChI=1S/C21H26N6O3S/c28-13-12-26-19(22-15-20(26)27(29)30)11-10-16-6-8-17(9-7-16)14-23-25-21(31)24-18-4-2-1-3-5-18/h6-11,14-15,18,28H,1-5,12-13H2,(H2,24,25,31)/b11-10+,23-14+. The molecular weight excluding hydrogens is 416 g/mol. The van der Waals surface area contributed by atoms with Crippen LogP contribution in [0, 0.1) is 10.1 Å². The lowest BCUT2D eigenvalue weighted by atomic mass is 9.96. The minimum atomic E-state index is -0.515. The third kappa shape index (κ3) is 6.69. The van der Waals surface area contributed by atoms with Crippen molar-refractivity contribution in [1.82, 2.24) is 20.3 Å². The number of nitrogens with one attached hydrogen (secondary N) is 2. The molecule has 0 saturated heterocycles. The van der Waals surface area contributed by atoms with Gasteiger partial charge in [0.1, 0.15) is 12.7 Å². The average molecular weight is 443 g/mol. The molecule has 1 heterocycles. The number of aliphatic hydroxyl groups excluding tert-OH is 1. The molecule has 0 unspecified atom stereocenters. The zero-order chi connectivity index (χ0) is 22.1. The van der Waals surface area contributed by atoms with E-state index in [9.17, 15) is 10.1 Å². The van der Waals surface area contributed by atoms with Gasteiger partial charge in [-0.05, 0) is 47.2 Å². The molecule has 9 nitrogen and oxygen atoms in total. The van der Waals surface area contributed by atoms with Crippen LogP contribution in [-0.4, -0.2) is 43.6 Å². The van der Waals surface area contributed by atoms with Crippen LogP contribution < -0.4 is 10.7 Å². The van der Waals surface area contributed by atoms with Crippen LogP contribution >= 0.6 is 12.2 Å². The molecule has 1 aromatic carbocycles. The van der Waals surface area contributed by atoms with Crippen molar-refractivity contribution < 1.29 is 10.0 Å². The first-order valence-corrected chi connectivity index (χ1v) is 10.7. The summed E-state index contributed by atoms with van der Waals surface area (Å²) < 4.78 is 1.37. The van der Waals surface area contributed by atoms with E-state index in [1.54, 1.807) is 12.3 Å². The number of nitrogens with zero attached hydrogens (tertiary/aromatic N) is 4. The summed E-state index contributed by atoms with van der Waals surface area (Å²) in [4.78, 5) is 14.6. The van der Waals surface area contributed by atoms with E-state index in [0.717, 1.165) is 24.0 Å². The van der Waals surface area contributed by atoms with Gasteiger partial charge >= 0.3 is 5.82 Å². The smallest absolute Gasteiger partial charge is 0.343 e. The van der Waals surface area contributed by atoms with E-state index in [1.807, 2.05) is 30.3 Å². The molecule has 0 aliphatic heterocycles. The highest BCUT2D eigenvalue weighted by Gasteiger charge is 2.17. The van der Waals surface area contributed by atoms with Gasteiger partial charge in [-0.25, -0.2) is 9.55 Å². The van der Waals surface area contributed by atoms with Crippen LogP contribution in [0.4, 0.5) is 5.82 Å². The zero-order valence-electron chi connectivity index (χ0n) is 17.1. The average Bonchev–Trinajstić information content (AvgIpc) is 3.17. The molecule has 1 aromatic heterocycles. The van der Waals surface area contributed by atoms with Gasteiger partial charge in [0.2, 0.25) is 5.82 Å². The summed E-state index contributed by atoms with van der Waals surface area (Å²) in [6.07, 6.45) is 12.4. The van der Waals surface area contributed by atoms with Gasteiger partial charge in [-0.3, -0.25) is 5.43 Å². The highest BCUT2D eigenvalue weighted by atomic mass is 32.1. The molecule has 164 valence electrons. The maximum atomic E-state index is 11.1. The molecule has 0 radical (unpaired) electrons. The maximum Gasteiger partial charge on any atom is 0.343 e. The lowest BCUT2D eigenvalue weighted by molar-refractivity contribution is -0.392. The zero-order valence-corrected chi connectivity index (χ0v) is 17.9. The molecule has 3 rings (SSSR count). The van der Waals surface area contributed by atoms with Crippen molar-refractivity contribution in [2.75, 3.05) is 6.61 Å². The lowest BCUT2D eigenvalue weighted by Gasteiger charge is -2.23. The quantitative estimate of drug-likeness (QED) is 0.249. The third-order valence-electron chi connectivity index (χ3n) is 5.06. The number of aliphatic hydroxyl groups is 1. The van der Waals surface area contributed by atoms with Gasteiger partial charge in [0.15, 0.2) is 5.11 Å². The number of imidazole rings is 1. The van der Waals surface area contributed by atoms with E-state index in [1.165, 1.54) is 30.0 Å². The first-order chi connectivity index (χ1) is 15.1. The van der Waals surface area contributed by atoms with Crippen LogP contribution in [0.1, 0.15) is 49.1 Å². The fourth-order valence-corrected chi connectivity index (χ4v) is 3.70. The number of hydrogen-bond donors (Lipinski definition) is 3. The Hall–Kier alpha value is -3.11. The summed E-state index contributed by atoms with van der Waals surface area (Å²) in [6.45, 7) is -0.102. The van der Waals surface area contributed by atoms with Gasteiger partial charge in [-0.2, -0.15) is 5.10 Å². The molecule has 1 saturated carbocycles. The molecular formula is C21H26N6O3S. The number of hydrogen-bond acceptors (Lipinski definition) is 6. The van der Waals surface area contributed by atoms with Crippen molar-refractivity contribution in [3.05, 3.63) is 57.5 Å². The number of aromatic nitrogens is 2. The van der Waals surface area contributed by atoms with Crippen molar-refractivity contribution in [2.45, 2.75) is 44.7 Å². The first kappa shape index (κ1) is 22.6. The first-order valence-electron chi connectivity index (χ1n) is 10.3. The van der Waals surface area contributed by atoms with Gasteiger partial charge in [0.25, 0.3) is 0 Å². The number of hydrazone groups is 1. The van der Waals surface area contributed by atoms with E-state index in [-0.39, 0.29) is 19.0 Å². The lowest BCUT2D eigenvalue weighted by Crippen LogP contribution is -2.40. The Balaban J connectivity index is 1.54. The summed E-state index contributed by atoms with van der Waals surface area (Å²) >= 11 is 5.29. The summed E-state index contributed by atoms with van der Waals surface area (Å²) in [5.74, 6) is 0.262. The predicted octanol–water partition coefficient (Wildman–Crippen LogP) is 3.08. The van der Waals surface area contributed by atoms with Crippen LogP contribution in [-0.2, 0) is 6.54 Å². The van der Waals surface area contributed by atoms with Crippen LogP contribution in [0.2, 0.25) is 0 Å². The topological polar surface area (TPSA) is 118 Å². The third-order valence-corrected chi connectivity index (χ3v) is 5.27. The predicted molar refractivity (Wildman–Crippen MR) is 125 cm³/mol. The second-order valence-corrected chi connectivity index (χ2v) is 7.69. The van der Waals surface area contributed by atoms with Gasteiger partial charge < -0.3 is 20.5 Å². The van der Waals surface area contributed by atoms with Crippen molar-refractivity contribution in [3.8, 4) is 0 Å². The van der Waals surface area contributed by atoms with E-state index in [4.69, 9.17) is 17.3 Å². The summed E-state index contributed by atoms with van der Waals surface area (Å²) in [5, 5.41) is 28.2. The summed E-state index contributed by atoms with van der Waals surface area (Å²) in [6, 6.07) is 8.06. The molecule has 2 aromatic rings. The molecule has 1 aliphatic rings. The van der Waals surface area contributed by atoms with Crippen LogP contribution in [0.5, 0.6) is 0 Å². The molecule has 0 bridgehead atoms. The second-order valence-electron chi connectivity index (χ2n) is 7.29. The van der Waals surface area contributed by atoms with E-state index in [2.05, 4.69) is 20.8 Å². The van der Waals surface area contributed by atoms with E-state index in [0.29, 0.717) is 17.0 Å². The van der Waals surface area contributed by atoms with Crippen LogP contribution in [0.3, 0.4) is 0 Å². The largest absolute Gasteiger partial charge is 0.392 e. The fourth-order valence-electron chi connectivity index (χ4n) is 3.48. The van der Waals surface area contributed by atoms with E-state index < -0.39 is 4.92 Å². The van der Waals surface area contributed by atoms with Crippen molar-refractivity contribution >= 4 is 41.5 Å². The Morgan fingerprint density at radius 2 is 1.97 bits per heavy atom. The highest BCUT2D eigenvalue weighted by molar-refractivity contribution is 7.80. The Labute approximate surface area is 186 Å². The fraction of sp³-hybridized carbons (Fsp3) is 0.381. The molecule has 1 aliphatic carbocycles. The summed E-state index contributed by atoms with van der Waals surface area (Å²) in [5.41, 5.74) is 4.67. The molecule has 1 fully saturated rings. The summed E-state index contributed by atoms with van der Waals surface area (Å²) in [7, 11) is 0. The Bertz CT molecular complexity index is 949. The number of thiocarbonyl (C=S) groups is 1. The van der Waals surface area contributed by atoms with Crippen LogP contribution in [0.15, 0.2) is 35.6 Å². The van der Waals surface area contributed by atoms with Gasteiger partial charge in [0, 0.05) is 12.1 Å². The van der Waals surface area contributed by atoms with Crippen molar-refractivity contribution in [3.63, 3.8) is 0 Å². The highest BCUT2D eigenvalue weighted by Crippen LogP contribution is 2.17. The molecule has 10 heteroatoms. The maximum absolute atomic E-state index is 11.1. The minimum Gasteiger partial charge on any atom is -0.392 e. The van der Waals surface area contributed by atoms with Crippen molar-refractivity contribution in [2.24, 2.45) is 5.10 Å². The Morgan fingerprint density at radius 3 is 2.65 bits per heavy atom. The minimum absolute atomic E-state index is 0.107. The molecule has 0 atom stereocenters. The van der Waals surface area contributed by atoms with E-state index >= 15 is 0 Å². The SMILES string of the molecule is O=[N+]([O-])c1cnc(/C=C/c2ccc(/C=N/NC(=S)NC3CCCCC3)cc2)n1CCO. The Kier molecular flexibility index (Phi) is 8.25. The van der Waals surface area contributed by atoms with Crippen molar-refractivity contribution in [1.29, 1.82) is 0 Å². The molecule has 0 spiro atoms. The number of rotatable bonds is 8. The molecule has 3 N–H and O–H groups in total. The molecule has 0 amide bonds. The van der Waals surface area contributed by atoms with Crippen LogP contribution in [0.25, 0.3) is 12.2 Å². The van der Waals surface area contributed by atoms with Gasteiger partial charge in [-0.15, -0.1) is 0 Å². The Morgan fingerprint density at radius 1 is 1.26 bits per heavy atom. The molecule has 31 heavy (non-hydrogen) atoms. The number of benzene rings is 1. The normalized spacial score (nSPS) is 14.9. The number of nitro groups is 1. The monoisotopic (exact) mass is 442 g/mol. The van der Waals surface area contributed by atoms with Gasteiger partial charge in [0.05, 0.1) is 12.8 Å². The second kappa shape index (κ2) is 11.3. The van der Waals surface area contributed by atoms with Gasteiger partial charge in [-0.1, -0.05) is 43.5 Å².